The lowest BCUT2D eigenvalue weighted by Crippen LogP contribution is -2.30. The van der Waals surface area contributed by atoms with Crippen LogP contribution in [0.25, 0.3) is 0 Å². The van der Waals surface area contributed by atoms with E-state index in [9.17, 15) is 14.4 Å². The van der Waals surface area contributed by atoms with Gasteiger partial charge in [-0.3, -0.25) is 9.59 Å². The summed E-state index contributed by atoms with van der Waals surface area (Å²) in [6.45, 7) is 2.94. The van der Waals surface area contributed by atoms with Gasteiger partial charge in [0.2, 0.25) is 0 Å². The van der Waals surface area contributed by atoms with Crippen molar-refractivity contribution in [2.75, 3.05) is 5.32 Å². The van der Waals surface area contributed by atoms with Crippen LogP contribution in [0.3, 0.4) is 0 Å². The van der Waals surface area contributed by atoms with Crippen molar-refractivity contribution in [1.29, 1.82) is 0 Å². The molecule has 0 unspecified atom stereocenters. The number of hydrogen-bond donors (Lipinski definition) is 1. The van der Waals surface area contributed by atoms with Gasteiger partial charge in [-0.1, -0.05) is 6.07 Å². The fraction of sp³-hybridized carbons (Fsp3) is 0.176. The Morgan fingerprint density at radius 2 is 1.78 bits per heavy atom. The third-order valence-corrected chi connectivity index (χ3v) is 3.09. The van der Waals surface area contributed by atoms with E-state index in [0.717, 1.165) is 0 Å². The molecule has 1 N–H and O–H groups in total. The Morgan fingerprint density at radius 1 is 1.09 bits per heavy atom. The summed E-state index contributed by atoms with van der Waals surface area (Å²) >= 11 is 0. The average Bonchev–Trinajstić information content (AvgIpc) is 2.56. The zero-order valence-electron chi connectivity index (χ0n) is 12.8. The molecule has 0 saturated heterocycles. The quantitative estimate of drug-likeness (QED) is 0.677. The van der Waals surface area contributed by atoms with Crippen molar-refractivity contribution < 1.29 is 19.1 Å². The highest BCUT2D eigenvalue weighted by Crippen LogP contribution is 2.11. The zero-order valence-corrected chi connectivity index (χ0v) is 12.8. The van der Waals surface area contributed by atoms with E-state index in [1.807, 2.05) is 0 Å². The van der Waals surface area contributed by atoms with Gasteiger partial charge in [-0.15, -0.1) is 0 Å². The van der Waals surface area contributed by atoms with Crippen LogP contribution < -0.4 is 5.32 Å². The van der Waals surface area contributed by atoms with E-state index < -0.39 is 18.0 Å². The van der Waals surface area contributed by atoms with Crippen molar-refractivity contribution in [3.05, 3.63) is 59.9 Å². The topological polar surface area (TPSA) is 85.4 Å². The first-order chi connectivity index (χ1) is 11.0. The van der Waals surface area contributed by atoms with Gasteiger partial charge in [-0.25, -0.2) is 9.78 Å². The Labute approximate surface area is 133 Å². The number of benzene rings is 1. The van der Waals surface area contributed by atoms with Crippen molar-refractivity contribution >= 4 is 23.3 Å². The van der Waals surface area contributed by atoms with E-state index in [1.165, 1.54) is 26.1 Å². The fourth-order valence-corrected chi connectivity index (χ4v) is 1.79. The van der Waals surface area contributed by atoms with E-state index >= 15 is 0 Å². The highest BCUT2D eigenvalue weighted by molar-refractivity contribution is 5.98. The number of pyridine rings is 1. The number of ether oxygens (including phenoxy) is 1. The zero-order chi connectivity index (χ0) is 16.8. The number of nitrogens with zero attached hydrogens (tertiary/aromatic N) is 1. The summed E-state index contributed by atoms with van der Waals surface area (Å²) in [7, 11) is 0. The number of esters is 1. The van der Waals surface area contributed by atoms with Gasteiger partial charge in [0.05, 0.1) is 0 Å². The van der Waals surface area contributed by atoms with Gasteiger partial charge >= 0.3 is 5.97 Å². The Morgan fingerprint density at radius 3 is 2.35 bits per heavy atom. The molecule has 1 heterocycles. The molecule has 1 aromatic heterocycles. The summed E-state index contributed by atoms with van der Waals surface area (Å²) in [6, 6.07) is 11.3. The maximum Gasteiger partial charge on any atom is 0.357 e. The van der Waals surface area contributed by atoms with Crippen LogP contribution in [-0.4, -0.2) is 28.7 Å². The van der Waals surface area contributed by atoms with Crippen LogP contribution in [0.2, 0.25) is 0 Å². The van der Waals surface area contributed by atoms with E-state index in [4.69, 9.17) is 4.74 Å². The number of amides is 1. The number of carbonyl (C=O) groups excluding carboxylic acids is 3. The van der Waals surface area contributed by atoms with Gasteiger partial charge in [-0.05, 0) is 50.2 Å². The van der Waals surface area contributed by atoms with Gasteiger partial charge in [0.1, 0.15) is 5.69 Å². The smallest absolute Gasteiger partial charge is 0.357 e. The molecule has 0 aliphatic rings. The second-order valence-electron chi connectivity index (χ2n) is 4.89. The van der Waals surface area contributed by atoms with Crippen molar-refractivity contribution in [2.24, 2.45) is 0 Å². The first-order valence-electron chi connectivity index (χ1n) is 7.01. The van der Waals surface area contributed by atoms with Crippen LogP contribution in [0, 0.1) is 0 Å². The van der Waals surface area contributed by atoms with Gasteiger partial charge in [0.25, 0.3) is 5.91 Å². The molecular formula is C17H16N2O4. The van der Waals surface area contributed by atoms with E-state index in [-0.39, 0.29) is 11.5 Å². The average molecular weight is 312 g/mol. The van der Waals surface area contributed by atoms with Crippen LogP contribution in [0.15, 0.2) is 48.7 Å². The molecule has 6 nitrogen and oxygen atoms in total. The molecule has 0 fully saturated rings. The molecule has 23 heavy (non-hydrogen) atoms. The van der Waals surface area contributed by atoms with E-state index in [2.05, 4.69) is 10.3 Å². The normalized spacial score (nSPS) is 11.4. The molecule has 0 aliphatic carbocycles. The number of anilines is 1. The van der Waals surface area contributed by atoms with Crippen LogP contribution in [0.5, 0.6) is 0 Å². The number of nitrogens with one attached hydrogen (secondary N) is 1. The molecule has 0 aliphatic heterocycles. The Kier molecular flexibility index (Phi) is 5.19. The predicted molar refractivity (Wildman–Crippen MR) is 84.2 cm³/mol. The minimum Gasteiger partial charge on any atom is -0.448 e. The SMILES string of the molecule is CC(=O)c1ccc(NC(=O)[C@@H](C)OC(=O)c2ccccn2)cc1. The molecule has 0 radical (unpaired) electrons. The number of aromatic nitrogens is 1. The molecule has 118 valence electrons. The molecular weight excluding hydrogens is 296 g/mol. The van der Waals surface area contributed by atoms with Gasteiger partial charge in [0, 0.05) is 17.4 Å². The Bertz CT molecular complexity index is 711. The van der Waals surface area contributed by atoms with Crippen LogP contribution in [-0.2, 0) is 9.53 Å². The summed E-state index contributed by atoms with van der Waals surface area (Å²) in [4.78, 5) is 38.9. The van der Waals surface area contributed by atoms with Crippen LogP contribution in [0.4, 0.5) is 5.69 Å². The maximum absolute atomic E-state index is 12.0. The molecule has 2 aromatic rings. The number of hydrogen-bond acceptors (Lipinski definition) is 5. The first kappa shape index (κ1) is 16.4. The summed E-state index contributed by atoms with van der Waals surface area (Å²) in [5.41, 5.74) is 1.20. The molecule has 0 saturated carbocycles. The summed E-state index contributed by atoms with van der Waals surface area (Å²) < 4.78 is 5.06. The monoisotopic (exact) mass is 312 g/mol. The molecule has 0 spiro atoms. The number of rotatable bonds is 5. The maximum atomic E-state index is 12.0. The van der Waals surface area contributed by atoms with Crippen molar-refractivity contribution in [3.63, 3.8) is 0 Å². The minimum absolute atomic E-state index is 0.0551. The van der Waals surface area contributed by atoms with Crippen LogP contribution in [0.1, 0.15) is 34.7 Å². The second kappa shape index (κ2) is 7.31. The lowest BCUT2D eigenvalue weighted by Gasteiger charge is -2.13. The summed E-state index contributed by atoms with van der Waals surface area (Å²) in [5, 5.41) is 2.62. The molecule has 2 rings (SSSR count). The summed E-state index contributed by atoms with van der Waals surface area (Å²) in [5.74, 6) is -1.19. The lowest BCUT2D eigenvalue weighted by atomic mass is 10.1. The Hall–Kier alpha value is -3.02. The lowest BCUT2D eigenvalue weighted by molar-refractivity contribution is -0.123. The van der Waals surface area contributed by atoms with Crippen molar-refractivity contribution in [2.45, 2.75) is 20.0 Å². The largest absolute Gasteiger partial charge is 0.448 e. The molecule has 1 atom stereocenters. The van der Waals surface area contributed by atoms with Crippen LogP contribution >= 0.6 is 0 Å². The van der Waals surface area contributed by atoms with E-state index in [0.29, 0.717) is 11.3 Å². The highest BCUT2D eigenvalue weighted by atomic mass is 16.5. The molecule has 0 bridgehead atoms. The minimum atomic E-state index is -0.975. The number of ketones is 1. The van der Waals surface area contributed by atoms with Crippen molar-refractivity contribution in [3.8, 4) is 0 Å². The standard InChI is InChI=1S/C17H16N2O4/c1-11(20)13-6-8-14(9-7-13)19-16(21)12(2)23-17(22)15-5-3-4-10-18-15/h3-10,12H,1-2H3,(H,19,21)/t12-/m1/s1. The predicted octanol–water partition coefficient (Wildman–Crippen LogP) is 2.47. The first-order valence-corrected chi connectivity index (χ1v) is 7.01. The number of carbonyl (C=O) groups is 3. The second-order valence-corrected chi connectivity index (χ2v) is 4.89. The third-order valence-electron chi connectivity index (χ3n) is 3.09. The third kappa shape index (κ3) is 4.47. The van der Waals surface area contributed by atoms with Gasteiger partial charge in [-0.2, -0.15) is 0 Å². The van der Waals surface area contributed by atoms with Crippen molar-refractivity contribution in [1.82, 2.24) is 4.98 Å². The van der Waals surface area contributed by atoms with Gasteiger partial charge in [0.15, 0.2) is 11.9 Å². The number of Topliss-reactive ketones (excluding diaryl/α,β-unsaturated/α-hetero) is 1. The molecule has 1 amide bonds. The molecule has 1 aromatic carbocycles. The Balaban J connectivity index is 1.94. The van der Waals surface area contributed by atoms with Gasteiger partial charge < -0.3 is 10.1 Å². The fourth-order valence-electron chi connectivity index (χ4n) is 1.79. The molecule has 6 heteroatoms. The summed E-state index contributed by atoms with van der Waals surface area (Å²) in [6.07, 6.45) is 0.495. The highest BCUT2D eigenvalue weighted by Gasteiger charge is 2.19. The van der Waals surface area contributed by atoms with E-state index in [1.54, 1.807) is 36.4 Å².